The fraction of sp³-hybridized carbons (Fsp3) is 0.133. The molecule has 22 heavy (non-hydrogen) atoms. The third-order valence-corrected chi connectivity index (χ3v) is 2.93. The second-order valence-electron chi connectivity index (χ2n) is 4.48. The summed E-state index contributed by atoms with van der Waals surface area (Å²) in [7, 11) is 0. The van der Waals surface area contributed by atoms with Gasteiger partial charge in [0.15, 0.2) is 0 Å². The van der Waals surface area contributed by atoms with Crippen molar-refractivity contribution in [3.8, 4) is 17.2 Å². The molecule has 0 unspecified atom stereocenters. The van der Waals surface area contributed by atoms with Gasteiger partial charge < -0.3 is 0 Å². The Hall–Kier alpha value is -2.49. The molecule has 2 aromatic rings. The molecule has 0 aliphatic rings. The van der Waals surface area contributed by atoms with Gasteiger partial charge in [0, 0.05) is 0 Å². The van der Waals surface area contributed by atoms with Crippen molar-refractivity contribution < 1.29 is 26.3 Å². The molecule has 7 heteroatoms. The van der Waals surface area contributed by atoms with E-state index >= 15 is 0 Å². The van der Waals surface area contributed by atoms with Gasteiger partial charge in [-0.1, -0.05) is 12.1 Å². The number of hydrogen-bond acceptors (Lipinski definition) is 1. The lowest BCUT2D eigenvalue weighted by Gasteiger charge is -2.14. The second-order valence-corrected chi connectivity index (χ2v) is 4.48. The van der Waals surface area contributed by atoms with E-state index in [4.69, 9.17) is 5.26 Å². The van der Waals surface area contributed by atoms with Crippen LogP contribution in [0, 0.1) is 11.3 Å². The van der Waals surface area contributed by atoms with Crippen LogP contribution >= 0.6 is 0 Å². The van der Waals surface area contributed by atoms with Crippen LogP contribution in [-0.4, -0.2) is 0 Å². The molecule has 0 amide bonds. The van der Waals surface area contributed by atoms with Gasteiger partial charge in [0.1, 0.15) is 0 Å². The van der Waals surface area contributed by atoms with Crippen LogP contribution in [0.5, 0.6) is 0 Å². The molecule has 114 valence electrons. The lowest BCUT2D eigenvalue weighted by Crippen LogP contribution is -2.11. The maximum absolute atomic E-state index is 12.8. The summed E-state index contributed by atoms with van der Waals surface area (Å²) in [6.45, 7) is 0. The lowest BCUT2D eigenvalue weighted by molar-refractivity contribution is -0.143. The molecule has 0 aromatic heterocycles. The molecule has 0 aliphatic carbocycles. The number of hydrogen-bond donors (Lipinski definition) is 0. The Morgan fingerprint density at radius 2 is 1.14 bits per heavy atom. The zero-order valence-corrected chi connectivity index (χ0v) is 10.8. The molecule has 0 saturated carbocycles. The van der Waals surface area contributed by atoms with Crippen LogP contribution in [0.1, 0.15) is 16.7 Å². The quantitative estimate of drug-likeness (QED) is 0.658. The van der Waals surface area contributed by atoms with Crippen molar-refractivity contribution in [2.24, 2.45) is 0 Å². The summed E-state index contributed by atoms with van der Waals surface area (Å²) in [6, 6.07) is 8.44. The number of benzene rings is 2. The van der Waals surface area contributed by atoms with Crippen molar-refractivity contribution in [1.82, 2.24) is 0 Å². The maximum Gasteiger partial charge on any atom is 0.416 e. The summed E-state index contributed by atoms with van der Waals surface area (Å²) in [4.78, 5) is 0. The highest BCUT2D eigenvalue weighted by Gasteiger charge is 2.36. The van der Waals surface area contributed by atoms with Crippen molar-refractivity contribution in [3.63, 3.8) is 0 Å². The van der Waals surface area contributed by atoms with Crippen LogP contribution in [0.2, 0.25) is 0 Å². The molecule has 0 atom stereocenters. The van der Waals surface area contributed by atoms with Crippen LogP contribution in [0.4, 0.5) is 26.3 Å². The standard InChI is InChI=1S/C15H7F6N/c16-14(17,18)12-5-11(6-13(7-12)15(19,20)21)10-3-1-9(8-22)2-4-10/h1-7H. The summed E-state index contributed by atoms with van der Waals surface area (Å²) in [5.41, 5.74) is -2.54. The van der Waals surface area contributed by atoms with Gasteiger partial charge in [0.05, 0.1) is 22.8 Å². The Morgan fingerprint density at radius 3 is 1.50 bits per heavy atom. The molecular formula is C15H7F6N. The smallest absolute Gasteiger partial charge is 0.192 e. The zero-order valence-electron chi connectivity index (χ0n) is 10.8. The first-order chi connectivity index (χ1) is 10.1. The van der Waals surface area contributed by atoms with Crippen LogP contribution < -0.4 is 0 Å². The van der Waals surface area contributed by atoms with E-state index in [1.807, 2.05) is 6.07 Å². The molecule has 0 radical (unpaired) electrons. The van der Waals surface area contributed by atoms with E-state index in [1.165, 1.54) is 24.3 Å². The Morgan fingerprint density at radius 1 is 0.682 bits per heavy atom. The molecule has 0 bridgehead atoms. The molecule has 2 aromatic carbocycles. The molecular weight excluding hydrogens is 308 g/mol. The minimum atomic E-state index is -4.89. The maximum atomic E-state index is 12.8. The first kappa shape index (κ1) is 15.9. The van der Waals surface area contributed by atoms with E-state index in [0.29, 0.717) is 12.1 Å². The Kier molecular flexibility index (Phi) is 3.88. The summed E-state index contributed by atoms with van der Waals surface area (Å²) in [6.07, 6.45) is -9.77. The highest BCUT2D eigenvalue weighted by Crippen LogP contribution is 2.38. The predicted molar refractivity (Wildman–Crippen MR) is 66.6 cm³/mol. The summed E-state index contributed by atoms with van der Waals surface area (Å²) in [5.74, 6) is 0. The van der Waals surface area contributed by atoms with Gasteiger partial charge in [-0.25, -0.2) is 0 Å². The largest absolute Gasteiger partial charge is 0.416 e. The van der Waals surface area contributed by atoms with Crippen molar-refractivity contribution >= 4 is 0 Å². The highest BCUT2D eigenvalue weighted by molar-refractivity contribution is 5.66. The number of halogens is 6. The Labute approximate surface area is 121 Å². The minimum Gasteiger partial charge on any atom is -0.192 e. The zero-order chi connectivity index (χ0) is 16.5. The molecule has 2 rings (SSSR count). The molecule has 0 spiro atoms. The monoisotopic (exact) mass is 315 g/mol. The number of rotatable bonds is 1. The fourth-order valence-electron chi connectivity index (χ4n) is 1.86. The number of alkyl halides is 6. The summed E-state index contributed by atoms with van der Waals surface area (Å²) >= 11 is 0. The average Bonchev–Trinajstić information content (AvgIpc) is 2.45. The van der Waals surface area contributed by atoms with Gasteiger partial charge in [0.25, 0.3) is 0 Å². The molecule has 0 aliphatic heterocycles. The van der Waals surface area contributed by atoms with Crippen molar-refractivity contribution in [2.45, 2.75) is 12.4 Å². The van der Waals surface area contributed by atoms with E-state index in [0.717, 1.165) is 0 Å². The first-order valence-electron chi connectivity index (χ1n) is 5.91. The Balaban J connectivity index is 2.62. The second kappa shape index (κ2) is 5.37. The third kappa shape index (κ3) is 3.39. The molecule has 1 nitrogen and oxygen atoms in total. The van der Waals surface area contributed by atoms with E-state index in [9.17, 15) is 26.3 Å². The van der Waals surface area contributed by atoms with Gasteiger partial charge in [-0.15, -0.1) is 0 Å². The van der Waals surface area contributed by atoms with Crippen LogP contribution in [-0.2, 0) is 12.4 Å². The highest BCUT2D eigenvalue weighted by atomic mass is 19.4. The average molecular weight is 315 g/mol. The van der Waals surface area contributed by atoms with Gasteiger partial charge in [0.2, 0.25) is 0 Å². The van der Waals surface area contributed by atoms with E-state index in [-0.39, 0.29) is 22.8 Å². The van der Waals surface area contributed by atoms with Crippen molar-refractivity contribution in [3.05, 3.63) is 59.2 Å². The number of nitriles is 1. The van der Waals surface area contributed by atoms with Gasteiger partial charge in [-0.2, -0.15) is 31.6 Å². The van der Waals surface area contributed by atoms with Crippen LogP contribution in [0.15, 0.2) is 42.5 Å². The van der Waals surface area contributed by atoms with E-state index in [2.05, 4.69) is 0 Å². The molecule has 0 N–H and O–H groups in total. The summed E-state index contributed by atoms with van der Waals surface area (Å²) < 4.78 is 76.6. The molecule has 0 heterocycles. The fourth-order valence-corrected chi connectivity index (χ4v) is 1.86. The lowest BCUT2D eigenvalue weighted by atomic mass is 9.98. The van der Waals surface area contributed by atoms with Crippen LogP contribution in [0.3, 0.4) is 0 Å². The van der Waals surface area contributed by atoms with Crippen LogP contribution in [0.25, 0.3) is 11.1 Å². The third-order valence-electron chi connectivity index (χ3n) is 2.93. The minimum absolute atomic E-state index is 0.0765. The van der Waals surface area contributed by atoms with E-state index < -0.39 is 23.5 Å². The summed E-state index contributed by atoms with van der Waals surface area (Å²) in [5, 5.41) is 8.65. The normalized spacial score (nSPS) is 12.0. The predicted octanol–water partition coefficient (Wildman–Crippen LogP) is 5.26. The topological polar surface area (TPSA) is 23.8 Å². The van der Waals surface area contributed by atoms with Gasteiger partial charge in [-0.3, -0.25) is 0 Å². The first-order valence-corrected chi connectivity index (χ1v) is 5.91. The molecule has 0 fully saturated rings. The SMILES string of the molecule is N#Cc1ccc(-c2cc(C(F)(F)F)cc(C(F)(F)F)c2)cc1. The van der Waals surface area contributed by atoms with Crippen molar-refractivity contribution in [2.75, 3.05) is 0 Å². The van der Waals surface area contributed by atoms with Gasteiger partial charge in [-0.05, 0) is 41.5 Å². The van der Waals surface area contributed by atoms with Gasteiger partial charge >= 0.3 is 12.4 Å². The van der Waals surface area contributed by atoms with Crippen molar-refractivity contribution in [1.29, 1.82) is 5.26 Å². The van der Waals surface area contributed by atoms with E-state index in [1.54, 1.807) is 0 Å². The number of nitrogens with zero attached hydrogens (tertiary/aromatic N) is 1. The molecule has 0 saturated heterocycles. The Bertz CT molecular complexity index is 687.